The van der Waals surface area contributed by atoms with Gasteiger partial charge < -0.3 is 5.32 Å². The van der Waals surface area contributed by atoms with Gasteiger partial charge in [0.05, 0.1) is 10.9 Å². The molecule has 2 aromatic rings. The van der Waals surface area contributed by atoms with Crippen LogP contribution in [-0.4, -0.2) is 15.0 Å². The predicted octanol–water partition coefficient (Wildman–Crippen LogP) is 2.90. The van der Waals surface area contributed by atoms with E-state index in [4.69, 9.17) is 0 Å². The van der Waals surface area contributed by atoms with Crippen LogP contribution in [0.4, 0.5) is 0 Å². The molecule has 0 amide bonds. The minimum absolute atomic E-state index is 0.226. The fourth-order valence-electron chi connectivity index (χ4n) is 1.95. The average Bonchev–Trinajstić information content (AvgIpc) is 2.99. The topological polar surface area (TPSA) is 58.2 Å². The molecule has 0 spiro atoms. The summed E-state index contributed by atoms with van der Waals surface area (Å²) in [6, 6.07) is 10.6. The van der Waals surface area contributed by atoms with Gasteiger partial charge in [-0.2, -0.15) is 0 Å². The van der Waals surface area contributed by atoms with Gasteiger partial charge in [-0.15, -0.1) is 11.3 Å². The van der Waals surface area contributed by atoms with Crippen LogP contribution in [0.25, 0.3) is 0 Å². The Kier molecular flexibility index (Phi) is 5.52. The molecule has 0 fully saturated rings. The molecule has 21 heavy (non-hydrogen) atoms. The van der Waals surface area contributed by atoms with Crippen LogP contribution in [0.2, 0.25) is 0 Å². The van der Waals surface area contributed by atoms with Gasteiger partial charge in [-0.05, 0) is 42.6 Å². The molecule has 4 nitrogen and oxygen atoms in total. The van der Waals surface area contributed by atoms with Crippen LogP contribution in [0.1, 0.15) is 30.3 Å². The van der Waals surface area contributed by atoms with Crippen LogP contribution in [0.3, 0.4) is 0 Å². The smallest absolute Gasteiger partial charge is 0.241 e. The number of nitrogens with one attached hydrogen (secondary N) is 2. The molecule has 0 bridgehead atoms. The fourth-order valence-corrected chi connectivity index (χ4v) is 3.98. The van der Waals surface area contributed by atoms with Crippen LogP contribution in [0.5, 0.6) is 0 Å². The Morgan fingerprint density at radius 3 is 2.48 bits per heavy atom. The molecule has 0 aliphatic carbocycles. The highest BCUT2D eigenvalue weighted by Crippen LogP contribution is 2.21. The van der Waals surface area contributed by atoms with E-state index in [2.05, 4.69) is 10.0 Å². The number of rotatable bonds is 7. The van der Waals surface area contributed by atoms with Gasteiger partial charge in [0.1, 0.15) is 0 Å². The molecule has 0 radical (unpaired) electrons. The lowest BCUT2D eigenvalue weighted by Crippen LogP contribution is -2.26. The van der Waals surface area contributed by atoms with Crippen LogP contribution in [-0.2, 0) is 16.6 Å². The summed E-state index contributed by atoms with van der Waals surface area (Å²) in [5.41, 5.74) is 1.07. The van der Waals surface area contributed by atoms with E-state index in [0.29, 0.717) is 4.90 Å². The molecule has 2 rings (SSSR count). The standard InChI is InChI=1S/C15H20N2O2S2/c1-3-16-11-13-6-8-14(9-7-13)21(18,19)17-12(2)15-5-4-10-20-15/h4-10,12,16-17H,3,11H2,1-2H3. The highest BCUT2D eigenvalue weighted by atomic mass is 32.2. The van der Waals surface area contributed by atoms with Crippen molar-refractivity contribution in [2.24, 2.45) is 0 Å². The van der Waals surface area contributed by atoms with Crippen molar-refractivity contribution in [2.75, 3.05) is 6.54 Å². The Balaban J connectivity index is 2.08. The molecule has 1 unspecified atom stereocenters. The number of hydrogen-bond donors (Lipinski definition) is 2. The van der Waals surface area contributed by atoms with E-state index in [1.165, 1.54) is 0 Å². The Bertz CT molecular complexity index is 649. The molecular formula is C15H20N2O2S2. The van der Waals surface area contributed by atoms with Crippen LogP contribution >= 0.6 is 11.3 Å². The minimum Gasteiger partial charge on any atom is -0.313 e. The lowest BCUT2D eigenvalue weighted by molar-refractivity contribution is 0.568. The normalized spacial score (nSPS) is 13.2. The zero-order valence-corrected chi connectivity index (χ0v) is 13.8. The van der Waals surface area contributed by atoms with Crippen LogP contribution in [0, 0.1) is 0 Å². The predicted molar refractivity (Wildman–Crippen MR) is 86.9 cm³/mol. The number of thiophene rings is 1. The van der Waals surface area contributed by atoms with Crippen molar-refractivity contribution in [2.45, 2.75) is 31.3 Å². The van der Waals surface area contributed by atoms with Gasteiger partial charge in [0, 0.05) is 11.4 Å². The van der Waals surface area contributed by atoms with E-state index >= 15 is 0 Å². The lowest BCUT2D eigenvalue weighted by Gasteiger charge is -2.13. The van der Waals surface area contributed by atoms with E-state index in [1.807, 2.05) is 43.5 Å². The molecule has 6 heteroatoms. The third kappa shape index (κ3) is 4.38. The minimum atomic E-state index is -3.49. The van der Waals surface area contributed by atoms with Crippen molar-refractivity contribution in [3.05, 3.63) is 52.2 Å². The zero-order valence-electron chi connectivity index (χ0n) is 12.2. The van der Waals surface area contributed by atoms with Crippen LogP contribution < -0.4 is 10.0 Å². The first-order valence-electron chi connectivity index (χ1n) is 6.88. The fraction of sp³-hybridized carbons (Fsp3) is 0.333. The molecule has 0 aliphatic rings. The molecular weight excluding hydrogens is 304 g/mol. The molecule has 114 valence electrons. The second kappa shape index (κ2) is 7.17. The van der Waals surface area contributed by atoms with E-state index in [1.54, 1.807) is 23.5 Å². The summed E-state index contributed by atoms with van der Waals surface area (Å²) in [4.78, 5) is 1.30. The maximum absolute atomic E-state index is 12.3. The zero-order chi connectivity index (χ0) is 15.3. The Labute approximate surface area is 130 Å². The summed E-state index contributed by atoms with van der Waals surface area (Å²) in [5.74, 6) is 0. The molecule has 1 heterocycles. The van der Waals surface area contributed by atoms with E-state index in [-0.39, 0.29) is 6.04 Å². The number of benzene rings is 1. The van der Waals surface area contributed by atoms with Crippen molar-refractivity contribution in [3.63, 3.8) is 0 Å². The van der Waals surface area contributed by atoms with Crippen molar-refractivity contribution in [3.8, 4) is 0 Å². The van der Waals surface area contributed by atoms with Crippen LogP contribution in [0.15, 0.2) is 46.7 Å². The van der Waals surface area contributed by atoms with Crippen molar-refractivity contribution >= 4 is 21.4 Å². The summed E-state index contributed by atoms with van der Waals surface area (Å²) >= 11 is 1.54. The number of hydrogen-bond acceptors (Lipinski definition) is 4. The maximum Gasteiger partial charge on any atom is 0.241 e. The van der Waals surface area contributed by atoms with E-state index in [9.17, 15) is 8.42 Å². The summed E-state index contributed by atoms with van der Waals surface area (Å²) in [6.45, 7) is 5.52. The van der Waals surface area contributed by atoms with E-state index < -0.39 is 10.0 Å². The van der Waals surface area contributed by atoms with Gasteiger partial charge in [0.2, 0.25) is 10.0 Å². The first-order chi connectivity index (χ1) is 10.0. The Hall–Kier alpha value is -1.21. The monoisotopic (exact) mass is 324 g/mol. The van der Waals surface area contributed by atoms with Crippen molar-refractivity contribution in [1.29, 1.82) is 0 Å². The third-order valence-corrected chi connectivity index (χ3v) is 5.73. The van der Waals surface area contributed by atoms with Gasteiger partial charge >= 0.3 is 0 Å². The molecule has 0 saturated carbocycles. The highest BCUT2D eigenvalue weighted by Gasteiger charge is 2.18. The third-order valence-electron chi connectivity index (χ3n) is 3.11. The van der Waals surface area contributed by atoms with Gasteiger partial charge in [-0.1, -0.05) is 25.1 Å². The lowest BCUT2D eigenvalue weighted by atomic mass is 10.2. The molecule has 1 aromatic heterocycles. The molecule has 0 saturated heterocycles. The van der Waals surface area contributed by atoms with E-state index in [0.717, 1.165) is 23.5 Å². The van der Waals surface area contributed by atoms with Gasteiger partial charge in [0.25, 0.3) is 0 Å². The average molecular weight is 324 g/mol. The van der Waals surface area contributed by atoms with Gasteiger partial charge in [-0.3, -0.25) is 0 Å². The second-order valence-electron chi connectivity index (χ2n) is 4.78. The quantitative estimate of drug-likeness (QED) is 0.823. The summed E-state index contributed by atoms with van der Waals surface area (Å²) < 4.78 is 27.4. The van der Waals surface area contributed by atoms with Gasteiger partial charge in [-0.25, -0.2) is 13.1 Å². The SMILES string of the molecule is CCNCc1ccc(S(=O)(=O)NC(C)c2cccs2)cc1. The molecule has 1 aromatic carbocycles. The summed E-state index contributed by atoms with van der Waals surface area (Å²) in [7, 11) is -3.49. The van der Waals surface area contributed by atoms with Crippen molar-refractivity contribution < 1.29 is 8.42 Å². The largest absolute Gasteiger partial charge is 0.313 e. The molecule has 2 N–H and O–H groups in total. The molecule has 0 aliphatic heterocycles. The molecule has 1 atom stereocenters. The van der Waals surface area contributed by atoms with Gasteiger partial charge in [0.15, 0.2) is 0 Å². The summed E-state index contributed by atoms with van der Waals surface area (Å²) in [6.07, 6.45) is 0. The van der Waals surface area contributed by atoms with Crippen molar-refractivity contribution in [1.82, 2.24) is 10.0 Å². The second-order valence-corrected chi connectivity index (χ2v) is 7.48. The Morgan fingerprint density at radius 2 is 1.90 bits per heavy atom. The maximum atomic E-state index is 12.3. The first kappa shape index (κ1) is 16.2. The Morgan fingerprint density at radius 1 is 1.19 bits per heavy atom. The first-order valence-corrected chi connectivity index (χ1v) is 9.24. The highest BCUT2D eigenvalue weighted by molar-refractivity contribution is 7.89. The number of sulfonamides is 1. The summed E-state index contributed by atoms with van der Waals surface area (Å²) in [5, 5.41) is 5.15.